The third-order valence-corrected chi connectivity index (χ3v) is 1.65. The maximum absolute atomic E-state index is 9.89. The van der Waals surface area contributed by atoms with Crippen LogP contribution in [0, 0.1) is 0 Å². The molecule has 0 aliphatic carbocycles. The van der Waals surface area contributed by atoms with Crippen LogP contribution in [0.15, 0.2) is 24.5 Å². The van der Waals surface area contributed by atoms with E-state index in [4.69, 9.17) is 23.2 Å². The quantitative estimate of drug-likeness (QED) is 0.529. The summed E-state index contributed by atoms with van der Waals surface area (Å²) in [6, 6.07) is 1.63. The Morgan fingerprint density at radius 2 is 2.00 bits per heavy atom. The lowest BCUT2D eigenvalue weighted by molar-refractivity contribution is -0.686. The van der Waals surface area contributed by atoms with Gasteiger partial charge in [-0.25, -0.2) is 4.79 Å². The number of allylic oxidation sites excluding steroid dienone is 1. The van der Waals surface area contributed by atoms with Gasteiger partial charge in [-0.15, -0.1) is 0 Å². The highest BCUT2D eigenvalue weighted by molar-refractivity contribution is 6.34. The molecule has 1 heterocycles. The number of carbonyl (C=O) groups excluding carboxylic acids is 1. The molecule has 0 fully saturated rings. The number of aromatic nitrogens is 1. The molecule has 4 heteroatoms. The number of rotatable bonds is 2. The lowest BCUT2D eigenvalue weighted by atomic mass is 10.4. The average molecular weight is 203 g/mol. The molecule has 1 rings (SSSR count). The minimum atomic E-state index is 0.434. The number of halogens is 2. The molecule has 0 saturated heterocycles. The Hall–Kier alpha value is -0.820. The largest absolute Gasteiger partial charge is 0.234 e. The Bertz CT molecular complexity index is 312. The van der Waals surface area contributed by atoms with Gasteiger partial charge in [0.15, 0.2) is 18.9 Å². The molecule has 0 unspecified atom stereocenters. The van der Waals surface area contributed by atoms with Crippen LogP contribution < -0.4 is 4.57 Å². The van der Waals surface area contributed by atoms with Gasteiger partial charge < -0.3 is 0 Å². The highest BCUT2D eigenvalue weighted by Crippen LogP contribution is 2.11. The Morgan fingerprint density at radius 3 is 2.50 bits per heavy atom. The zero-order valence-corrected chi connectivity index (χ0v) is 7.64. The normalized spacial score (nSPS) is 9.17. The highest BCUT2D eigenvalue weighted by atomic mass is 35.5. The third-order valence-electron chi connectivity index (χ3n) is 1.24. The predicted molar refractivity (Wildman–Crippen MR) is 46.9 cm³/mol. The molecule has 0 amide bonds. The summed E-state index contributed by atoms with van der Waals surface area (Å²) < 4.78 is 1.70. The number of hydrogen-bond donors (Lipinski definition) is 0. The van der Waals surface area contributed by atoms with Crippen molar-refractivity contribution in [2.45, 2.75) is 6.54 Å². The monoisotopic (exact) mass is 202 g/mol. The van der Waals surface area contributed by atoms with E-state index < -0.39 is 0 Å². The van der Waals surface area contributed by atoms with Crippen molar-refractivity contribution in [1.82, 2.24) is 0 Å². The van der Waals surface area contributed by atoms with Gasteiger partial charge in [0.2, 0.25) is 0 Å². The zero-order valence-electron chi connectivity index (χ0n) is 6.13. The molecule has 0 aliphatic heterocycles. The molecule has 62 valence electrons. The van der Waals surface area contributed by atoms with Crippen molar-refractivity contribution in [1.29, 1.82) is 0 Å². The molecule has 12 heavy (non-hydrogen) atoms. The van der Waals surface area contributed by atoms with Crippen LogP contribution in [0.4, 0.5) is 0 Å². The molecule has 0 N–H and O–H groups in total. The van der Waals surface area contributed by atoms with Gasteiger partial charge >= 0.3 is 0 Å². The number of hydrogen-bond acceptors (Lipinski definition) is 1. The third kappa shape index (κ3) is 2.67. The van der Waals surface area contributed by atoms with E-state index in [0.29, 0.717) is 16.6 Å². The molecule has 0 radical (unpaired) electrons. The summed E-state index contributed by atoms with van der Waals surface area (Å²) in [5.41, 5.74) is 0. The standard InChI is InChI=1S/C8H6Cl2NO/c9-7-4-8(10)6-11(5-7)2-1-3-12/h1,4-6H,2H2/q+1. The fourth-order valence-corrected chi connectivity index (χ4v) is 1.35. The van der Waals surface area contributed by atoms with Crippen molar-refractivity contribution in [2.75, 3.05) is 0 Å². The van der Waals surface area contributed by atoms with Crippen LogP contribution in [0.5, 0.6) is 0 Å². The van der Waals surface area contributed by atoms with Crippen LogP contribution >= 0.6 is 23.2 Å². The highest BCUT2D eigenvalue weighted by Gasteiger charge is 2.02. The fourth-order valence-electron chi connectivity index (χ4n) is 0.808. The van der Waals surface area contributed by atoms with E-state index in [1.54, 1.807) is 29.0 Å². The summed E-state index contributed by atoms with van der Waals surface area (Å²) in [4.78, 5) is 9.89. The first-order valence-electron chi connectivity index (χ1n) is 3.27. The Morgan fingerprint density at radius 1 is 1.42 bits per heavy atom. The summed E-state index contributed by atoms with van der Waals surface area (Å²) in [5, 5.41) is 1.09. The van der Waals surface area contributed by atoms with Crippen LogP contribution in [-0.2, 0) is 11.3 Å². The molecule has 0 aliphatic rings. The van der Waals surface area contributed by atoms with Crippen molar-refractivity contribution >= 4 is 29.1 Å². The number of nitrogens with zero attached hydrogens (tertiary/aromatic N) is 1. The van der Waals surface area contributed by atoms with Crippen molar-refractivity contribution in [3.8, 4) is 0 Å². The SMILES string of the molecule is O=C=CC[n+]1cc(Cl)cc(Cl)c1. The van der Waals surface area contributed by atoms with Gasteiger partial charge in [0.05, 0.1) is 6.08 Å². The first kappa shape index (κ1) is 9.27. The van der Waals surface area contributed by atoms with E-state index in [1.165, 1.54) is 6.08 Å². The Kier molecular flexibility index (Phi) is 3.30. The maximum Gasteiger partial charge on any atom is 0.187 e. The second-order valence-electron chi connectivity index (χ2n) is 2.19. The molecule has 1 aromatic heterocycles. The molecular weight excluding hydrogens is 197 g/mol. The van der Waals surface area contributed by atoms with Crippen molar-refractivity contribution in [2.24, 2.45) is 0 Å². The van der Waals surface area contributed by atoms with E-state index in [0.717, 1.165) is 0 Å². The fraction of sp³-hybridized carbons (Fsp3) is 0.125. The predicted octanol–water partition coefficient (Wildman–Crippen LogP) is 1.67. The molecule has 0 spiro atoms. The maximum atomic E-state index is 9.89. The van der Waals surface area contributed by atoms with E-state index in [-0.39, 0.29) is 0 Å². The van der Waals surface area contributed by atoms with Gasteiger partial charge in [0.1, 0.15) is 16.0 Å². The van der Waals surface area contributed by atoms with E-state index >= 15 is 0 Å². The molecule has 2 nitrogen and oxygen atoms in total. The summed E-state index contributed by atoms with van der Waals surface area (Å²) >= 11 is 11.4. The van der Waals surface area contributed by atoms with Crippen LogP contribution in [0.2, 0.25) is 10.0 Å². The van der Waals surface area contributed by atoms with Gasteiger partial charge in [-0.05, 0) is 6.07 Å². The first-order chi connectivity index (χ1) is 5.72. The molecule has 0 atom stereocenters. The van der Waals surface area contributed by atoms with E-state index in [9.17, 15) is 4.79 Å². The Labute approximate surface area is 80.0 Å². The van der Waals surface area contributed by atoms with E-state index in [1.807, 2.05) is 0 Å². The molecule has 0 aromatic carbocycles. The molecule has 1 aromatic rings. The number of pyridine rings is 1. The van der Waals surface area contributed by atoms with Gasteiger partial charge in [-0.1, -0.05) is 23.2 Å². The zero-order chi connectivity index (χ0) is 8.97. The van der Waals surface area contributed by atoms with Crippen molar-refractivity contribution in [3.05, 3.63) is 34.6 Å². The van der Waals surface area contributed by atoms with Gasteiger partial charge in [0, 0.05) is 0 Å². The minimum absolute atomic E-state index is 0.434. The smallest absolute Gasteiger partial charge is 0.187 e. The van der Waals surface area contributed by atoms with E-state index in [2.05, 4.69) is 0 Å². The minimum Gasteiger partial charge on any atom is -0.234 e. The summed E-state index contributed by atoms with van der Waals surface area (Å²) in [6.07, 6.45) is 4.72. The van der Waals surface area contributed by atoms with Gasteiger partial charge in [0.25, 0.3) is 0 Å². The van der Waals surface area contributed by atoms with Crippen LogP contribution in [-0.4, -0.2) is 5.94 Å². The topological polar surface area (TPSA) is 20.9 Å². The van der Waals surface area contributed by atoms with Crippen LogP contribution in [0.1, 0.15) is 0 Å². The van der Waals surface area contributed by atoms with Gasteiger partial charge in [-0.3, -0.25) is 0 Å². The summed E-state index contributed by atoms with van der Waals surface area (Å²) in [5.74, 6) is 1.67. The molecule has 0 bridgehead atoms. The lowest BCUT2D eigenvalue weighted by Gasteiger charge is -1.92. The summed E-state index contributed by atoms with van der Waals surface area (Å²) in [7, 11) is 0. The molecular formula is C8H6Cl2NO+. The van der Waals surface area contributed by atoms with Crippen molar-refractivity contribution < 1.29 is 9.36 Å². The summed E-state index contributed by atoms with van der Waals surface area (Å²) in [6.45, 7) is 0.434. The van der Waals surface area contributed by atoms with Crippen LogP contribution in [0.25, 0.3) is 0 Å². The second-order valence-corrected chi connectivity index (χ2v) is 3.06. The second kappa shape index (κ2) is 4.27. The van der Waals surface area contributed by atoms with Crippen LogP contribution in [0.3, 0.4) is 0 Å². The molecule has 0 saturated carbocycles. The first-order valence-corrected chi connectivity index (χ1v) is 4.02. The van der Waals surface area contributed by atoms with Gasteiger partial charge in [-0.2, -0.15) is 4.57 Å². The Balaban J connectivity index is 2.92. The van der Waals surface area contributed by atoms with Crippen molar-refractivity contribution in [3.63, 3.8) is 0 Å². The average Bonchev–Trinajstić information content (AvgIpc) is 1.99. The lowest BCUT2D eigenvalue weighted by Crippen LogP contribution is -2.31.